The van der Waals surface area contributed by atoms with Crippen molar-refractivity contribution in [3.05, 3.63) is 30.1 Å². The molecule has 2 aromatic rings. The summed E-state index contributed by atoms with van der Waals surface area (Å²) in [6.07, 6.45) is -2.40. The summed E-state index contributed by atoms with van der Waals surface area (Å²) < 4.78 is 12.3. The number of anilines is 1. The molecule has 3 heterocycles. The second-order valence-corrected chi connectivity index (χ2v) is 8.16. The van der Waals surface area contributed by atoms with Crippen LogP contribution in [0.15, 0.2) is 24.4 Å². The van der Waals surface area contributed by atoms with E-state index < -0.39 is 29.9 Å². The maximum Gasteiger partial charge on any atom is 0.306 e. The maximum absolute atomic E-state index is 12.0. The first kappa shape index (κ1) is 20.1. The topological polar surface area (TPSA) is 143 Å². The van der Waals surface area contributed by atoms with E-state index in [2.05, 4.69) is 5.10 Å². The van der Waals surface area contributed by atoms with Crippen LogP contribution in [0.25, 0.3) is 5.52 Å². The average molecular weight is 388 g/mol. The van der Waals surface area contributed by atoms with Gasteiger partial charge in [0.2, 0.25) is 5.60 Å². The summed E-state index contributed by atoms with van der Waals surface area (Å²) in [5, 5.41) is 35.0. The molecule has 0 unspecified atom stereocenters. The highest BCUT2D eigenvalue weighted by molar-refractivity contribution is 5.70. The van der Waals surface area contributed by atoms with E-state index >= 15 is 0 Å². The molecule has 1 aliphatic rings. The molecule has 1 saturated heterocycles. The predicted molar refractivity (Wildman–Crippen MR) is 98.8 cm³/mol. The van der Waals surface area contributed by atoms with E-state index in [-0.39, 0.29) is 24.1 Å². The molecule has 3 rings (SSSR count). The Morgan fingerprint density at radius 3 is 2.79 bits per heavy atom. The third-order valence-corrected chi connectivity index (χ3v) is 4.68. The number of rotatable bonds is 4. The summed E-state index contributed by atoms with van der Waals surface area (Å²) in [5.74, 6) is -0.449. The molecular formula is C19H24N4O5. The van der Waals surface area contributed by atoms with E-state index in [1.165, 1.54) is 10.7 Å². The van der Waals surface area contributed by atoms with Crippen LogP contribution in [0.4, 0.5) is 5.69 Å². The first-order valence-corrected chi connectivity index (χ1v) is 8.92. The summed E-state index contributed by atoms with van der Waals surface area (Å²) >= 11 is 0. The van der Waals surface area contributed by atoms with Crippen molar-refractivity contribution >= 4 is 17.2 Å². The molecule has 0 bridgehead atoms. The molecule has 1 aliphatic heterocycles. The SMILES string of the molecule is CC(C)(C)CC(=O)OC[C@H]1O[C@@](C#N)(c2ccc3c(N)ccnn23)[C@H](O)[C@@H]1O. The fourth-order valence-electron chi connectivity index (χ4n) is 3.29. The Hall–Kier alpha value is -2.67. The second kappa shape index (κ2) is 7.05. The van der Waals surface area contributed by atoms with E-state index in [4.69, 9.17) is 15.2 Å². The van der Waals surface area contributed by atoms with Gasteiger partial charge in [-0.25, -0.2) is 4.52 Å². The van der Waals surface area contributed by atoms with Crippen molar-refractivity contribution in [1.82, 2.24) is 9.61 Å². The first-order valence-electron chi connectivity index (χ1n) is 8.92. The highest BCUT2D eigenvalue weighted by atomic mass is 16.6. The number of aliphatic hydroxyl groups is 2. The van der Waals surface area contributed by atoms with Gasteiger partial charge in [0.1, 0.15) is 31.0 Å². The Morgan fingerprint density at radius 1 is 1.43 bits per heavy atom. The van der Waals surface area contributed by atoms with Crippen LogP contribution in [-0.4, -0.2) is 50.7 Å². The number of ether oxygens (including phenoxy) is 2. The van der Waals surface area contributed by atoms with Crippen LogP contribution in [0.1, 0.15) is 32.9 Å². The molecule has 0 saturated carbocycles. The zero-order valence-corrected chi connectivity index (χ0v) is 16.0. The molecule has 0 spiro atoms. The first-order chi connectivity index (χ1) is 13.1. The predicted octanol–water partition coefficient (Wildman–Crippen LogP) is 0.735. The van der Waals surface area contributed by atoms with Crippen LogP contribution in [0.2, 0.25) is 0 Å². The Morgan fingerprint density at radius 2 is 2.14 bits per heavy atom. The average Bonchev–Trinajstić information content (AvgIpc) is 3.15. The highest BCUT2D eigenvalue weighted by Gasteiger charge is 2.57. The summed E-state index contributed by atoms with van der Waals surface area (Å²) in [4.78, 5) is 12.0. The molecule has 4 atom stereocenters. The number of hydrogen-bond acceptors (Lipinski definition) is 8. The highest BCUT2D eigenvalue weighted by Crippen LogP contribution is 2.40. The van der Waals surface area contributed by atoms with Gasteiger partial charge in [-0.3, -0.25) is 4.79 Å². The molecule has 0 radical (unpaired) electrons. The van der Waals surface area contributed by atoms with Crippen molar-refractivity contribution in [2.75, 3.05) is 12.3 Å². The smallest absolute Gasteiger partial charge is 0.306 e. The third-order valence-electron chi connectivity index (χ3n) is 4.68. The normalized spacial score (nSPS) is 27.6. The number of nitrogen functional groups attached to an aromatic ring is 1. The van der Waals surface area contributed by atoms with Crippen molar-refractivity contribution in [2.24, 2.45) is 5.41 Å². The number of hydrogen-bond donors (Lipinski definition) is 3. The lowest BCUT2D eigenvalue weighted by molar-refractivity contribution is -0.152. The molecule has 9 heteroatoms. The van der Waals surface area contributed by atoms with E-state index in [1.807, 2.05) is 26.8 Å². The molecule has 9 nitrogen and oxygen atoms in total. The van der Waals surface area contributed by atoms with Gasteiger partial charge in [0.15, 0.2) is 0 Å². The number of aliphatic hydroxyl groups excluding tert-OH is 2. The van der Waals surface area contributed by atoms with Crippen molar-refractivity contribution in [2.45, 2.75) is 51.1 Å². The van der Waals surface area contributed by atoms with Gasteiger partial charge in [-0.05, 0) is 23.6 Å². The Balaban J connectivity index is 1.86. The molecule has 28 heavy (non-hydrogen) atoms. The van der Waals surface area contributed by atoms with Crippen LogP contribution >= 0.6 is 0 Å². The molecule has 4 N–H and O–H groups in total. The van der Waals surface area contributed by atoms with E-state index in [0.717, 1.165) is 0 Å². The van der Waals surface area contributed by atoms with Gasteiger partial charge in [0, 0.05) is 6.20 Å². The monoisotopic (exact) mass is 388 g/mol. The second-order valence-electron chi connectivity index (χ2n) is 8.16. The Labute approximate surface area is 162 Å². The van der Waals surface area contributed by atoms with Gasteiger partial charge < -0.3 is 25.4 Å². The minimum absolute atomic E-state index is 0.189. The van der Waals surface area contributed by atoms with Crippen LogP contribution < -0.4 is 5.73 Å². The number of carbonyl (C=O) groups excluding carboxylic acids is 1. The molecule has 0 aromatic carbocycles. The van der Waals surface area contributed by atoms with Gasteiger partial charge in [-0.15, -0.1) is 0 Å². The quantitative estimate of drug-likeness (QED) is 0.651. The number of nitriles is 1. The number of carbonyl (C=O) groups is 1. The summed E-state index contributed by atoms with van der Waals surface area (Å²) in [6, 6.07) is 6.77. The van der Waals surface area contributed by atoms with Crippen LogP contribution in [-0.2, 0) is 19.9 Å². The fourth-order valence-corrected chi connectivity index (χ4v) is 3.29. The molecule has 0 aliphatic carbocycles. The lowest BCUT2D eigenvalue weighted by Crippen LogP contribution is -2.41. The van der Waals surface area contributed by atoms with E-state index in [9.17, 15) is 20.3 Å². The van der Waals surface area contributed by atoms with Crippen LogP contribution in [0, 0.1) is 16.7 Å². The standard InChI is InChI=1S/C19H24N4O5/c1-18(2,3)8-15(24)27-9-13-16(25)17(26)19(10-20,28-13)14-5-4-12-11(21)6-7-22-23(12)14/h4-7,13,16-17,25-26H,8-9,21H2,1-3H3/t13-,16-,17-,19+/m1/s1. The fraction of sp³-hybridized carbons (Fsp3) is 0.526. The zero-order chi connectivity index (χ0) is 20.7. The van der Waals surface area contributed by atoms with Gasteiger partial charge in [0.25, 0.3) is 0 Å². The van der Waals surface area contributed by atoms with Crippen molar-refractivity contribution in [1.29, 1.82) is 5.26 Å². The summed E-state index contributed by atoms with van der Waals surface area (Å²) in [5.41, 5.74) is 5.00. The van der Waals surface area contributed by atoms with Crippen LogP contribution in [0.5, 0.6) is 0 Å². The third kappa shape index (κ3) is 3.42. The largest absolute Gasteiger partial charge is 0.463 e. The molecule has 150 valence electrons. The summed E-state index contributed by atoms with van der Waals surface area (Å²) in [7, 11) is 0. The number of nitrogens with two attached hydrogens (primary N) is 1. The number of aromatic nitrogens is 2. The van der Waals surface area contributed by atoms with E-state index in [1.54, 1.807) is 18.2 Å². The molecule has 1 fully saturated rings. The van der Waals surface area contributed by atoms with Gasteiger partial charge >= 0.3 is 5.97 Å². The number of esters is 1. The van der Waals surface area contributed by atoms with Crippen molar-refractivity contribution in [3.63, 3.8) is 0 Å². The molecule has 0 amide bonds. The van der Waals surface area contributed by atoms with Gasteiger partial charge in [-0.2, -0.15) is 10.4 Å². The Kier molecular flexibility index (Phi) is 5.06. The van der Waals surface area contributed by atoms with Gasteiger partial charge in [-0.1, -0.05) is 20.8 Å². The van der Waals surface area contributed by atoms with E-state index in [0.29, 0.717) is 11.2 Å². The minimum Gasteiger partial charge on any atom is -0.463 e. The van der Waals surface area contributed by atoms with Crippen molar-refractivity contribution < 1.29 is 24.5 Å². The van der Waals surface area contributed by atoms with Crippen molar-refractivity contribution in [3.8, 4) is 6.07 Å². The lowest BCUT2D eigenvalue weighted by atomic mass is 9.92. The lowest BCUT2D eigenvalue weighted by Gasteiger charge is -2.24. The maximum atomic E-state index is 12.0. The number of fused-ring (bicyclic) bond motifs is 1. The number of nitrogens with zero attached hydrogens (tertiary/aromatic N) is 3. The van der Waals surface area contributed by atoms with Crippen LogP contribution in [0.3, 0.4) is 0 Å². The van der Waals surface area contributed by atoms with Gasteiger partial charge in [0.05, 0.1) is 23.3 Å². The molecule has 2 aromatic heterocycles. The molecular weight excluding hydrogens is 364 g/mol. The minimum atomic E-state index is -1.88. The summed E-state index contributed by atoms with van der Waals surface area (Å²) in [6.45, 7) is 5.41. The zero-order valence-electron chi connectivity index (χ0n) is 16.0. The Bertz CT molecular complexity index is 929.